The molecule has 1 fully saturated rings. The molecular weight excluding hydrogens is 248 g/mol. The third-order valence-electron chi connectivity index (χ3n) is 3.85. The number of carbonyl (C=O) groups is 1. The highest BCUT2D eigenvalue weighted by Crippen LogP contribution is 2.29. The normalized spacial score (nSPS) is 16.4. The second-order valence-corrected chi connectivity index (χ2v) is 5.38. The van der Waals surface area contributed by atoms with Gasteiger partial charge >= 0.3 is 0 Å². The van der Waals surface area contributed by atoms with Gasteiger partial charge in [0.25, 0.3) is 0 Å². The molecule has 0 saturated heterocycles. The molecule has 1 saturated carbocycles. The van der Waals surface area contributed by atoms with Gasteiger partial charge in [0.05, 0.1) is 22.8 Å². The van der Waals surface area contributed by atoms with E-state index in [1.165, 1.54) is 12.8 Å². The molecule has 2 rings (SSSR count). The standard InChI is InChI=1S/C14H21ClN2O/c1-3-11-14(15)12(17(4-2)16-11)9-13(18)10-7-5-6-8-10/h10H,3-9H2,1-2H3. The summed E-state index contributed by atoms with van der Waals surface area (Å²) in [7, 11) is 0. The van der Waals surface area contributed by atoms with Crippen molar-refractivity contribution in [3.63, 3.8) is 0 Å². The van der Waals surface area contributed by atoms with Crippen molar-refractivity contribution >= 4 is 17.4 Å². The fourth-order valence-electron chi connectivity index (χ4n) is 2.74. The molecule has 0 atom stereocenters. The first-order chi connectivity index (χ1) is 8.67. The molecule has 100 valence electrons. The summed E-state index contributed by atoms with van der Waals surface area (Å²) in [6, 6.07) is 0. The summed E-state index contributed by atoms with van der Waals surface area (Å²) >= 11 is 6.32. The number of Topliss-reactive ketones (excluding diaryl/α,β-unsaturated/α-hetero) is 1. The van der Waals surface area contributed by atoms with Gasteiger partial charge in [-0.3, -0.25) is 9.48 Å². The predicted octanol–water partition coefficient (Wildman–Crippen LogP) is 3.42. The zero-order valence-electron chi connectivity index (χ0n) is 11.2. The molecule has 0 aliphatic heterocycles. The van der Waals surface area contributed by atoms with Crippen molar-refractivity contribution in [3.05, 3.63) is 16.4 Å². The average molecular weight is 269 g/mol. The smallest absolute Gasteiger partial charge is 0.141 e. The third-order valence-corrected chi connectivity index (χ3v) is 4.28. The lowest BCUT2D eigenvalue weighted by atomic mass is 9.98. The van der Waals surface area contributed by atoms with Crippen LogP contribution in [0.4, 0.5) is 0 Å². The van der Waals surface area contributed by atoms with Crippen LogP contribution in [0, 0.1) is 5.92 Å². The molecule has 1 aliphatic carbocycles. The largest absolute Gasteiger partial charge is 0.299 e. The van der Waals surface area contributed by atoms with E-state index in [0.717, 1.165) is 37.2 Å². The van der Waals surface area contributed by atoms with Gasteiger partial charge in [0.1, 0.15) is 5.78 Å². The maximum absolute atomic E-state index is 12.2. The Balaban J connectivity index is 2.16. The van der Waals surface area contributed by atoms with Crippen molar-refractivity contribution in [2.45, 2.75) is 58.9 Å². The Labute approximate surface area is 114 Å². The molecule has 0 amide bonds. The van der Waals surface area contributed by atoms with Crippen LogP contribution >= 0.6 is 11.6 Å². The number of hydrogen-bond acceptors (Lipinski definition) is 2. The monoisotopic (exact) mass is 268 g/mol. The summed E-state index contributed by atoms with van der Waals surface area (Å²) in [4.78, 5) is 12.2. The topological polar surface area (TPSA) is 34.9 Å². The highest BCUT2D eigenvalue weighted by molar-refractivity contribution is 6.32. The summed E-state index contributed by atoms with van der Waals surface area (Å²) in [5.74, 6) is 0.595. The molecule has 1 aliphatic rings. The highest BCUT2D eigenvalue weighted by Gasteiger charge is 2.25. The SMILES string of the molecule is CCc1nn(CC)c(CC(=O)C2CCCC2)c1Cl. The minimum absolute atomic E-state index is 0.256. The van der Waals surface area contributed by atoms with E-state index in [2.05, 4.69) is 5.10 Å². The quantitative estimate of drug-likeness (QED) is 0.820. The summed E-state index contributed by atoms with van der Waals surface area (Å²) in [5.41, 5.74) is 1.82. The molecule has 1 aromatic heterocycles. The first kappa shape index (κ1) is 13.6. The molecule has 0 radical (unpaired) electrons. The second kappa shape index (κ2) is 5.87. The van der Waals surface area contributed by atoms with E-state index in [-0.39, 0.29) is 5.92 Å². The van der Waals surface area contributed by atoms with E-state index in [9.17, 15) is 4.79 Å². The second-order valence-electron chi connectivity index (χ2n) is 5.00. The van der Waals surface area contributed by atoms with Gasteiger partial charge in [-0.25, -0.2) is 0 Å². The van der Waals surface area contributed by atoms with Crippen LogP contribution in [0.25, 0.3) is 0 Å². The fourth-order valence-corrected chi connectivity index (χ4v) is 3.08. The lowest BCUT2D eigenvalue weighted by Crippen LogP contribution is -2.16. The van der Waals surface area contributed by atoms with Crippen LogP contribution in [0.1, 0.15) is 50.9 Å². The highest BCUT2D eigenvalue weighted by atomic mass is 35.5. The molecule has 0 bridgehead atoms. The number of aromatic nitrogens is 2. The van der Waals surface area contributed by atoms with Gasteiger partial charge in [0.15, 0.2) is 0 Å². The van der Waals surface area contributed by atoms with Gasteiger partial charge in [-0.2, -0.15) is 5.10 Å². The Bertz CT molecular complexity index is 433. The summed E-state index contributed by atoms with van der Waals surface area (Å²) in [6.45, 7) is 4.84. The number of nitrogens with zero attached hydrogens (tertiary/aromatic N) is 2. The molecule has 0 N–H and O–H groups in total. The maximum atomic E-state index is 12.2. The third kappa shape index (κ3) is 2.61. The summed E-state index contributed by atoms with van der Waals surface area (Å²) < 4.78 is 1.88. The predicted molar refractivity (Wildman–Crippen MR) is 73.0 cm³/mol. The first-order valence-electron chi connectivity index (χ1n) is 6.94. The molecule has 3 nitrogen and oxygen atoms in total. The van der Waals surface area contributed by atoms with Crippen LogP contribution in [0.3, 0.4) is 0 Å². The first-order valence-corrected chi connectivity index (χ1v) is 7.31. The molecule has 0 spiro atoms. The number of aryl methyl sites for hydroxylation is 2. The molecule has 0 unspecified atom stereocenters. The van der Waals surface area contributed by atoms with Gasteiger partial charge in [0, 0.05) is 12.5 Å². The minimum Gasteiger partial charge on any atom is -0.299 e. The number of hydrogen-bond donors (Lipinski definition) is 0. The van der Waals surface area contributed by atoms with Gasteiger partial charge < -0.3 is 0 Å². The fraction of sp³-hybridized carbons (Fsp3) is 0.714. The van der Waals surface area contributed by atoms with E-state index in [1.54, 1.807) is 0 Å². The van der Waals surface area contributed by atoms with Crippen molar-refractivity contribution < 1.29 is 4.79 Å². The molecule has 1 heterocycles. The molecule has 0 aromatic carbocycles. The van der Waals surface area contributed by atoms with Crippen LogP contribution in [-0.2, 0) is 24.2 Å². The molecule has 18 heavy (non-hydrogen) atoms. The Morgan fingerprint density at radius 3 is 2.61 bits per heavy atom. The lowest BCUT2D eigenvalue weighted by molar-refractivity contribution is -0.122. The van der Waals surface area contributed by atoms with Crippen LogP contribution in [-0.4, -0.2) is 15.6 Å². The summed E-state index contributed by atoms with van der Waals surface area (Å²) in [6.07, 6.45) is 5.75. The van der Waals surface area contributed by atoms with Gasteiger partial charge in [0.2, 0.25) is 0 Å². The van der Waals surface area contributed by atoms with Gasteiger partial charge in [-0.15, -0.1) is 0 Å². The van der Waals surface area contributed by atoms with E-state index < -0.39 is 0 Å². The van der Waals surface area contributed by atoms with Gasteiger partial charge in [-0.1, -0.05) is 31.4 Å². The zero-order valence-corrected chi connectivity index (χ0v) is 12.0. The molecule has 1 aromatic rings. The Kier molecular flexibility index (Phi) is 4.44. The minimum atomic E-state index is 0.256. The lowest BCUT2D eigenvalue weighted by Gasteiger charge is -2.09. The van der Waals surface area contributed by atoms with Crippen LogP contribution in [0.5, 0.6) is 0 Å². The van der Waals surface area contributed by atoms with Crippen molar-refractivity contribution in [1.29, 1.82) is 0 Å². The number of carbonyl (C=O) groups excluding carboxylic acids is 1. The number of halogens is 1. The van der Waals surface area contributed by atoms with Crippen LogP contribution < -0.4 is 0 Å². The van der Waals surface area contributed by atoms with Crippen LogP contribution in [0.15, 0.2) is 0 Å². The van der Waals surface area contributed by atoms with E-state index in [4.69, 9.17) is 11.6 Å². The van der Waals surface area contributed by atoms with Gasteiger partial charge in [-0.05, 0) is 26.2 Å². The van der Waals surface area contributed by atoms with Crippen molar-refractivity contribution in [3.8, 4) is 0 Å². The van der Waals surface area contributed by atoms with Crippen molar-refractivity contribution in [2.24, 2.45) is 5.92 Å². The number of rotatable bonds is 5. The number of ketones is 1. The van der Waals surface area contributed by atoms with E-state index in [0.29, 0.717) is 17.2 Å². The Morgan fingerprint density at radius 1 is 1.39 bits per heavy atom. The molecular formula is C14H21ClN2O. The van der Waals surface area contributed by atoms with E-state index >= 15 is 0 Å². The molecule has 4 heteroatoms. The summed E-state index contributed by atoms with van der Waals surface area (Å²) in [5, 5.41) is 5.16. The Morgan fingerprint density at radius 2 is 2.06 bits per heavy atom. The Hall–Kier alpha value is -0.830. The van der Waals surface area contributed by atoms with Crippen LogP contribution in [0.2, 0.25) is 5.02 Å². The maximum Gasteiger partial charge on any atom is 0.141 e. The van der Waals surface area contributed by atoms with Crippen molar-refractivity contribution in [1.82, 2.24) is 9.78 Å². The average Bonchev–Trinajstić information content (AvgIpc) is 2.99. The van der Waals surface area contributed by atoms with E-state index in [1.807, 2.05) is 18.5 Å². The zero-order chi connectivity index (χ0) is 13.1. The van der Waals surface area contributed by atoms with Crippen molar-refractivity contribution in [2.75, 3.05) is 0 Å².